The van der Waals surface area contributed by atoms with Gasteiger partial charge in [-0.25, -0.2) is 0 Å². The first-order valence-corrected chi connectivity index (χ1v) is 4.56. The van der Waals surface area contributed by atoms with Crippen molar-refractivity contribution in [3.05, 3.63) is 12.7 Å². The van der Waals surface area contributed by atoms with Crippen molar-refractivity contribution < 1.29 is 19.1 Å². The van der Waals surface area contributed by atoms with Crippen LogP contribution in [0.4, 0.5) is 0 Å². The lowest BCUT2D eigenvalue weighted by molar-refractivity contribution is -0.113. The summed E-state index contributed by atoms with van der Waals surface area (Å²) in [6, 6.07) is 0. The third-order valence-corrected chi connectivity index (χ3v) is 0.201. The molecule has 0 aliphatic rings. The molecule has 0 saturated carbocycles. The Morgan fingerprint density at radius 3 is 1.62 bits per heavy atom. The molecule has 0 atom stereocenters. The molecule has 13 heavy (non-hydrogen) atoms. The summed E-state index contributed by atoms with van der Waals surface area (Å²) in [5, 5.41) is 0. The third-order valence-electron chi connectivity index (χ3n) is 0.201. The van der Waals surface area contributed by atoms with Gasteiger partial charge in [-0.15, -0.1) is 0 Å². The van der Waals surface area contributed by atoms with Crippen LogP contribution in [0.1, 0.15) is 27.7 Å². The van der Waals surface area contributed by atoms with Gasteiger partial charge < -0.3 is 15.5 Å². The van der Waals surface area contributed by atoms with Crippen LogP contribution in [0.5, 0.6) is 0 Å². The molecule has 6 heteroatoms. The van der Waals surface area contributed by atoms with Gasteiger partial charge in [0.1, 0.15) is 0 Å². The van der Waals surface area contributed by atoms with Gasteiger partial charge in [0.2, 0.25) is 5.91 Å². The van der Waals surface area contributed by atoms with E-state index in [9.17, 15) is 4.79 Å². The van der Waals surface area contributed by atoms with E-state index in [-0.39, 0.29) is 7.43 Å². The molecule has 0 aliphatic carbocycles. The van der Waals surface area contributed by atoms with Gasteiger partial charge in [0, 0.05) is 0 Å². The number of carbonyl (C=O) groups is 1. The standard InChI is InChI=1S/C3H5NO.C3H8.CH4.H3O3P/c1-2-3(4)5;1-3-2;;1-4(2)3/h2H,1H2,(H2,4,5);3H2,1-2H3;1H4;4H,(H2,1,2,3). The molecule has 0 bridgehead atoms. The molecule has 0 spiro atoms. The van der Waals surface area contributed by atoms with Crippen molar-refractivity contribution in [1.82, 2.24) is 0 Å². The zero-order chi connectivity index (χ0) is 10.6. The van der Waals surface area contributed by atoms with Crippen molar-refractivity contribution in [3.63, 3.8) is 0 Å². The highest BCUT2D eigenvalue weighted by Gasteiger charge is 1.69. The summed E-state index contributed by atoms with van der Waals surface area (Å²) in [4.78, 5) is 23.8. The molecule has 0 aromatic rings. The average molecular weight is 213 g/mol. The van der Waals surface area contributed by atoms with E-state index in [0.717, 1.165) is 6.08 Å². The quantitative estimate of drug-likeness (QED) is 0.448. The van der Waals surface area contributed by atoms with Gasteiger partial charge in [0.05, 0.1) is 0 Å². The lowest BCUT2D eigenvalue weighted by Gasteiger charge is -1.65. The molecule has 4 N–H and O–H groups in total. The molecule has 5 nitrogen and oxygen atoms in total. The van der Waals surface area contributed by atoms with E-state index in [1.165, 1.54) is 6.42 Å². The molecule has 82 valence electrons. The summed E-state index contributed by atoms with van der Waals surface area (Å²) in [5.74, 6) is -0.481. The molecule has 0 saturated heterocycles. The average Bonchev–Trinajstić information content (AvgIpc) is 1.88. The number of amides is 1. The maximum atomic E-state index is 9.47. The minimum Gasteiger partial charge on any atom is -0.366 e. The van der Waals surface area contributed by atoms with Gasteiger partial charge in [-0.05, 0) is 6.08 Å². The molecular formula is C7H20NO4P. The first kappa shape index (κ1) is 22.8. The largest absolute Gasteiger partial charge is 0.366 e. The van der Waals surface area contributed by atoms with Crippen LogP contribution in [-0.4, -0.2) is 15.7 Å². The van der Waals surface area contributed by atoms with Crippen molar-refractivity contribution in [3.8, 4) is 0 Å². The van der Waals surface area contributed by atoms with E-state index in [4.69, 9.17) is 14.4 Å². The summed E-state index contributed by atoms with van der Waals surface area (Å²) in [7, 11) is -3.13. The summed E-state index contributed by atoms with van der Waals surface area (Å²) in [6.07, 6.45) is 2.31. The molecular weight excluding hydrogens is 193 g/mol. The topological polar surface area (TPSA) is 101 Å². The lowest BCUT2D eigenvalue weighted by atomic mass is 10.6. The van der Waals surface area contributed by atoms with Gasteiger partial charge in [-0.3, -0.25) is 9.36 Å². The Morgan fingerprint density at radius 2 is 1.62 bits per heavy atom. The van der Waals surface area contributed by atoms with Crippen molar-refractivity contribution in [1.29, 1.82) is 0 Å². The molecule has 0 aliphatic heterocycles. The summed E-state index contributed by atoms with van der Waals surface area (Å²) < 4.78 is 8.74. The van der Waals surface area contributed by atoms with Crippen molar-refractivity contribution in [2.75, 3.05) is 0 Å². The molecule has 0 radical (unpaired) electrons. The number of hydrogen-bond acceptors (Lipinski definition) is 2. The third kappa shape index (κ3) is 538. The second-order valence-electron chi connectivity index (χ2n) is 1.60. The smallest absolute Gasteiger partial charge is 0.314 e. The molecule has 0 aromatic carbocycles. The van der Waals surface area contributed by atoms with Crippen LogP contribution >= 0.6 is 8.25 Å². The van der Waals surface area contributed by atoms with E-state index < -0.39 is 14.2 Å². The lowest BCUT2D eigenvalue weighted by Crippen LogP contribution is -2.04. The van der Waals surface area contributed by atoms with Crippen molar-refractivity contribution in [2.45, 2.75) is 27.7 Å². The van der Waals surface area contributed by atoms with Gasteiger partial charge >= 0.3 is 8.25 Å². The van der Waals surface area contributed by atoms with Gasteiger partial charge in [-0.1, -0.05) is 34.3 Å². The molecule has 0 aromatic heterocycles. The molecule has 0 unspecified atom stereocenters. The summed E-state index contributed by atoms with van der Waals surface area (Å²) in [6.45, 7) is 7.34. The predicted octanol–water partition coefficient (Wildman–Crippen LogP) is 1.07. The first-order valence-electron chi connectivity index (χ1n) is 3.26. The van der Waals surface area contributed by atoms with E-state index in [1.807, 2.05) is 0 Å². The van der Waals surface area contributed by atoms with Crippen LogP contribution in [0, 0.1) is 0 Å². The highest BCUT2D eigenvalue weighted by Crippen LogP contribution is 1.98. The van der Waals surface area contributed by atoms with E-state index in [0.29, 0.717) is 0 Å². The van der Waals surface area contributed by atoms with Crippen LogP contribution in [0.3, 0.4) is 0 Å². The van der Waals surface area contributed by atoms with Gasteiger partial charge in [0.25, 0.3) is 0 Å². The second-order valence-corrected chi connectivity index (χ2v) is 2.16. The second kappa shape index (κ2) is 22.5. The van der Waals surface area contributed by atoms with Crippen LogP contribution in [0.2, 0.25) is 0 Å². The Morgan fingerprint density at radius 1 is 1.54 bits per heavy atom. The Hall–Kier alpha value is -0.640. The normalized spacial score (nSPS) is 6.54. The number of carbonyl (C=O) groups excluding carboxylic acids is 1. The van der Waals surface area contributed by atoms with Crippen molar-refractivity contribution in [2.24, 2.45) is 5.73 Å². The Labute approximate surface area is 80.2 Å². The Kier molecular flexibility index (Phi) is 39.5. The molecule has 0 rings (SSSR count). The maximum absolute atomic E-state index is 9.47. The Bertz CT molecular complexity index is 134. The molecule has 0 heterocycles. The van der Waals surface area contributed by atoms with Crippen LogP contribution in [0.25, 0.3) is 0 Å². The maximum Gasteiger partial charge on any atom is 0.314 e. The summed E-state index contributed by atoms with van der Waals surface area (Å²) in [5.41, 5.74) is 4.53. The number of primary amides is 1. The predicted molar refractivity (Wildman–Crippen MR) is 55.5 cm³/mol. The van der Waals surface area contributed by atoms with Gasteiger partial charge in [-0.2, -0.15) is 0 Å². The van der Waals surface area contributed by atoms with Crippen LogP contribution in [0.15, 0.2) is 12.7 Å². The molecule has 1 amide bonds. The fourth-order valence-electron chi connectivity index (χ4n) is 0. The highest BCUT2D eigenvalue weighted by atomic mass is 31.1. The molecule has 0 fully saturated rings. The fourth-order valence-corrected chi connectivity index (χ4v) is 0. The van der Waals surface area contributed by atoms with E-state index in [2.05, 4.69) is 26.2 Å². The van der Waals surface area contributed by atoms with Crippen molar-refractivity contribution >= 4 is 14.2 Å². The minimum absolute atomic E-state index is 0. The number of nitrogens with two attached hydrogens (primary N) is 1. The van der Waals surface area contributed by atoms with E-state index in [1.54, 1.807) is 0 Å². The Balaban J connectivity index is -0.0000000465. The van der Waals surface area contributed by atoms with E-state index >= 15 is 0 Å². The SMILES string of the molecule is C.C=CC(N)=O.CCC.O=[PH](O)O. The zero-order valence-corrected chi connectivity index (χ0v) is 8.28. The van der Waals surface area contributed by atoms with Crippen LogP contribution in [-0.2, 0) is 9.36 Å². The van der Waals surface area contributed by atoms with Crippen LogP contribution < -0.4 is 5.73 Å². The monoisotopic (exact) mass is 213 g/mol. The summed E-state index contributed by atoms with van der Waals surface area (Å²) >= 11 is 0. The first-order chi connectivity index (χ1) is 5.42. The zero-order valence-electron chi connectivity index (χ0n) is 7.28. The highest BCUT2D eigenvalue weighted by molar-refractivity contribution is 7.30. The number of hydrogen-bond donors (Lipinski definition) is 3. The minimum atomic E-state index is -3.13. The number of rotatable bonds is 1. The fraction of sp³-hybridized carbons (Fsp3) is 0.571. The van der Waals surface area contributed by atoms with Gasteiger partial charge in [0.15, 0.2) is 0 Å².